The Hall–Kier alpha value is -3.19. The van der Waals surface area contributed by atoms with E-state index in [0.717, 1.165) is 11.3 Å². The molecule has 0 unspecified atom stereocenters. The van der Waals surface area contributed by atoms with Crippen LogP contribution in [0.4, 0.5) is 5.69 Å². The Morgan fingerprint density at radius 1 is 1.09 bits per heavy atom. The maximum Gasteiger partial charge on any atom is 0.280 e. The van der Waals surface area contributed by atoms with E-state index in [9.17, 15) is 4.79 Å². The number of carbonyl (C=O) groups excluding carboxylic acids is 1. The Morgan fingerprint density at radius 2 is 1.77 bits per heavy atom. The summed E-state index contributed by atoms with van der Waals surface area (Å²) in [5.74, 6) is -0.145. The summed E-state index contributed by atoms with van der Waals surface area (Å²) >= 11 is 0. The zero-order valence-corrected chi connectivity index (χ0v) is 12.0. The number of anilines is 1. The fraction of sp³-hybridized carbons (Fsp3) is 0.0556. The summed E-state index contributed by atoms with van der Waals surface area (Å²) in [6, 6.07) is 18.5. The monoisotopic (exact) mass is 287 g/mol. The number of benzene rings is 2. The first-order valence-corrected chi connectivity index (χ1v) is 6.86. The van der Waals surface area contributed by atoms with Gasteiger partial charge in [-0.25, -0.2) is 0 Å². The molecule has 22 heavy (non-hydrogen) atoms. The summed E-state index contributed by atoms with van der Waals surface area (Å²) in [6.45, 7) is 1.82. The number of hydrazone groups is 1. The third-order valence-electron chi connectivity index (χ3n) is 3.41. The highest BCUT2D eigenvalue weighted by Gasteiger charge is 2.28. The predicted molar refractivity (Wildman–Crippen MR) is 86.2 cm³/mol. The molecule has 0 bridgehead atoms. The molecule has 2 aromatic rings. The first-order chi connectivity index (χ1) is 10.7. The second-order valence-electron chi connectivity index (χ2n) is 4.93. The van der Waals surface area contributed by atoms with Crippen molar-refractivity contribution in [3.05, 3.63) is 71.3 Å². The van der Waals surface area contributed by atoms with Crippen LogP contribution >= 0.6 is 0 Å². The van der Waals surface area contributed by atoms with E-state index in [-0.39, 0.29) is 5.91 Å². The topological polar surface area (TPSA) is 56.5 Å². The number of hydrogen-bond donors (Lipinski definition) is 0. The van der Waals surface area contributed by atoms with Crippen molar-refractivity contribution in [2.45, 2.75) is 6.92 Å². The van der Waals surface area contributed by atoms with Crippen LogP contribution in [-0.2, 0) is 4.79 Å². The van der Waals surface area contributed by atoms with Crippen LogP contribution in [0.3, 0.4) is 0 Å². The van der Waals surface area contributed by atoms with Gasteiger partial charge in [0.15, 0.2) is 0 Å². The van der Waals surface area contributed by atoms with Gasteiger partial charge in [0.25, 0.3) is 5.91 Å². The van der Waals surface area contributed by atoms with Crippen molar-refractivity contribution in [2.24, 2.45) is 5.10 Å². The molecule has 4 nitrogen and oxygen atoms in total. The lowest BCUT2D eigenvalue weighted by Crippen LogP contribution is -2.21. The van der Waals surface area contributed by atoms with Crippen LogP contribution in [-0.4, -0.2) is 11.6 Å². The fourth-order valence-corrected chi connectivity index (χ4v) is 2.25. The van der Waals surface area contributed by atoms with Crippen molar-refractivity contribution in [3.63, 3.8) is 0 Å². The van der Waals surface area contributed by atoms with E-state index in [1.165, 1.54) is 5.01 Å². The summed E-state index contributed by atoms with van der Waals surface area (Å²) in [5.41, 5.74) is 3.45. The van der Waals surface area contributed by atoms with Crippen LogP contribution in [0.1, 0.15) is 18.1 Å². The molecule has 1 aliphatic rings. The highest BCUT2D eigenvalue weighted by atomic mass is 16.2. The van der Waals surface area contributed by atoms with Crippen LogP contribution in [0, 0.1) is 11.3 Å². The molecule has 3 rings (SSSR count). The summed E-state index contributed by atoms with van der Waals surface area (Å²) in [7, 11) is 0. The molecule has 0 aromatic heterocycles. The lowest BCUT2D eigenvalue weighted by molar-refractivity contribution is -0.114. The molecular formula is C18H13N3O. The molecule has 0 saturated carbocycles. The largest absolute Gasteiger partial charge is 0.280 e. The van der Waals surface area contributed by atoms with Gasteiger partial charge in [-0.15, -0.1) is 0 Å². The molecule has 0 aliphatic carbocycles. The predicted octanol–water partition coefficient (Wildman–Crippen LogP) is 3.36. The zero-order chi connectivity index (χ0) is 15.5. The van der Waals surface area contributed by atoms with E-state index in [1.54, 1.807) is 18.2 Å². The van der Waals surface area contributed by atoms with Gasteiger partial charge in [-0.2, -0.15) is 15.4 Å². The molecule has 0 radical (unpaired) electrons. The first-order valence-electron chi connectivity index (χ1n) is 6.86. The number of amides is 1. The van der Waals surface area contributed by atoms with E-state index in [2.05, 4.69) is 11.2 Å². The summed E-state index contributed by atoms with van der Waals surface area (Å²) in [5, 5.41) is 14.6. The minimum absolute atomic E-state index is 0.145. The molecule has 0 saturated heterocycles. The molecule has 4 heteroatoms. The maximum atomic E-state index is 12.5. The SMILES string of the molecule is CC1=NN(c2ccccc2)C(=O)C1=Cc1ccc(C#N)cc1. The molecule has 0 fully saturated rings. The molecular weight excluding hydrogens is 274 g/mol. The van der Waals surface area contributed by atoms with Crippen molar-refractivity contribution >= 4 is 23.4 Å². The molecule has 2 aromatic carbocycles. The quantitative estimate of drug-likeness (QED) is 0.795. The standard InChI is InChI=1S/C18H13N3O/c1-13-17(11-14-7-9-15(12-19)10-8-14)18(22)21(20-13)16-5-3-2-4-6-16/h2-11H,1H3. The van der Waals surface area contributed by atoms with Gasteiger partial charge in [-0.05, 0) is 42.8 Å². The average molecular weight is 287 g/mol. The Labute approximate surface area is 128 Å². The molecule has 0 N–H and O–H groups in total. The molecule has 1 amide bonds. The van der Waals surface area contributed by atoms with Crippen molar-refractivity contribution in [3.8, 4) is 6.07 Å². The van der Waals surface area contributed by atoms with Crippen molar-refractivity contribution < 1.29 is 4.79 Å². The van der Waals surface area contributed by atoms with Crippen molar-refractivity contribution in [1.82, 2.24) is 0 Å². The van der Waals surface area contributed by atoms with Crippen LogP contribution in [0.25, 0.3) is 6.08 Å². The number of carbonyl (C=O) groups is 1. The first kappa shape index (κ1) is 13.8. The van der Waals surface area contributed by atoms with E-state index in [4.69, 9.17) is 5.26 Å². The Balaban J connectivity index is 1.92. The Kier molecular flexibility index (Phi) is 3.55. The lowest BCUT2D eigenvalue weighted by atomic mass is 10.1. The van der Waals surface area contributed by atoms with E-state index >= 15 is 0 Å². The smallest absolute Gasteiger partial charge is 0.267 e. The summed E-state index contributed by atoms with van der Waals surface area (Å²) < 4.78 is 0. The van der Waals surface area contributed by atoms with Gasteiger partial charge < -0.3 is 0 Å². The van der Waals surface area contributed by atoms with Crippen LogP contribution in [0.2, 0.25) is 0 Å². The number of hydrogen-bond acceptors (Lipinski definition) is 3. The van der Waals surface area contributed by atoms with Crippen LogP contribution < -0.4 is 5.01 Å². The summed E-state index contributed by atoms with van der Waals surface area (Å²) in [4.78, 5) is 12.5. The molecule has 0 spiro atoms. The van der Waals surface area contributed by atoms with Gasteiger partial charge in [-0.3, -0.25) is 4.79 Å². The minimum Gasteiger partial charge on any atom is -0.267 e. The second-order valence-corrected chi connectivity index (χ2v) is 4.93. The fourth-order valence-electron chi connectivity index (χ4n) is 2.25. The van der Waals surface area contributed by atoms with Crippen LogP contribution in [0.15, 0.2) is 65.3 Å². The number of nitriles is 1. The van der Waals surface area contributed by atoms with Crippen molar-refractivity contribution in [1.29, 1.82) is 5.26 Å². The van der Waals surface area contributed by atoms with Gasteiger partial charge >= 0.3 is 0 Å². The van der Waals surface area contributed by atoms with Gasteiger partial charge in [0.05, 0.1) is 28.6 Å². The number of nitrogens with zero attached hydrogens (tertiary/aromatic N) is 3. The third-order valence-corrected chi connectivity index (χ3v) is 3.41. The molecule has 106 valence electrons. The minimum atomic E-state index is -0.145. The molecule has 1 aliphatic heterocycles. The third kappa shape index (κ3) is 2.52. The second kappa shape index (κ2) is 5.66. The number of para-hydroxylation sites is 1. The van der Waals surface area contributed by atoms with Gasteiger partial charge in [0.2, 0.25) is 0 Å². The number of rotatable bonds is 2. The summed E-state index contributed by atoms with van der Waals surface area (Å²) in [6.07, 6.45) is 1.80. The van der Waals surface area contributed by atoms with E-state index < -0.39 is 0 Å². The maximum absolute atomic E-state index is 12.5. The normalized spacial score (nSPS) is 15.8. The molecule has 0 atom stereocenters. The van der Waals surface area contributed by atoms with Crippen LogP contribution in [0.5, 0.6) is 0 Å². The highest BCUT2D eigenvalue weighted by molar-refractivity contribution is 6.32. The van der Waals surface area contributed by atoms with Gasteiger partial charge in [0.1, 0.15) is 0 Å². The Morgan fingerprint density at radius 3 is 2.41 bits per heavy atom. The highest BCUT2D eigenvalue weighted by Crippen LogP contribution is 2.24. The van der Waals surface area contributed by atoms with Gasteiger partial charge in [0, 0.05) is 0 Å². The lowest BCUT2D eigenvalue weighted by Gasteiger charge is -2.10. The van der Waals surface area contributed by atoms with Crippen molar-refractivity contribution in [2.75, 3.05) is 5.01 Å². The Bertz CT molecular complexity index is 812. The molecule has 1 heterocycles. The average Bonchev–Trinajstić information content (AvgIpc) is 2.84. The van der Waals surface area contributed by atoms with E-state index in [1.807, 2.05) is 49.4 Å². The van der Waals surface area contributed by atoms with Gasteiger partial charge in [-0.1, -0.05) is 30.3 Å². The van der Waals surface area contributed by atoms with E-state index in [0.29, 0.717) is 16.8 Å². The zero-order valence-electron chi connectivity index (χ0n) is 12.0.